The highest BCUT2D eigenvalue weighted by molar-refractivity contribution is 5.95. The van der Waals surface area contributed by atoms with Crippen molar-refractivity contribution in [3.05, 3.63) is 71.3 Å². The molecule has 0 saturated carbocycles. The molecule has 2 aliphatic rings. The third kappa shape index (κ3) is 1.58. The van der Waals surface area contributed by atoms with E-state index in [-0.39, 0.29) is 17.8 Å². The van der Waals surface area contributed by atoms with Gasteiger partial charge in [-0.3, -0.25) is 4.79 Å². The Labute approximate surface area is 127 Å². The highest BCUT2D eigenvalue weighted by Gasteiger charge is 2.62. The van der Waals surface area contributed by atoms with E-state index < -0.39 is 11.8 Å². The average molecular weight is 294 g/mol. The first-order chi connectivity index (χ1) is 10.6. The van der Waals surface area contributed by atoms with E-state index in [9.17, 15) is 9.59 Å². The molecule has 0 bridgehead atoms. The lowest BCUT2D eigenvalue weighted by Gasteiger charge is -2.29. The lowest BCUT2D eigenvalue weighted by molar-refractivity contribution is -0.193. The van der Waals surface area contributed by atoms with Crippen molar-refractivity contribution in [3.63, 3.8) is 0 Å². The summed E-state index contributed by atoms with van der Waals surface area (Å²) in [5.74, 6) is -2.88. The summed E-state index contributed by atoms with van der Waals surface area (Å²) in [5.41, 5.74) is 2.02. The van der Waals surface area contributed by atoms with Crippen LogP contribution >= 0.6 is 0 Å². The van der Waals surface area contributed by atoms with Gasteiger partial charge in [-0.25, -0.2) is 4.79 Å². The van der Waals surface area contributed by atoms with E-state index in [2.05, 4.69) is 0 Å². The van der Waals surface area contributed by atoms with E-state index >= 15 is 0 Å². The molecule has 110 valence electrons. The Bertz CT molecular complexity index is 764. The van der Waals surface area contributed by atoms with Gasteiger partial charge >= 0.3 is 11.9 Å². The Hall–Kier alpha value is -2.62. The Kier molecular flexibility index (Phi) is 2.64. The molecule has 4 rings (SSSR count). The van der Waals surface area contributed by atoms with Crippen LogP contribution in [0.4, 0.5) is 0 Å². The molecule has 1 fully saturated rings. The number of hydrogen-bond acceptors (Lipinski definition) is 4. The zero-order chi connectivity index (χ0) is 15.3. The minimum Gasteiger partial charge on any atom is -0.417 e. The van der Waals surface area contributed by atoms with Crippen LogP contribution in [0.2, 0.25) is 0 Å². The molecule has 2 aromatic carbocycles. The molecule has 4 nitrogen and oxygen atoms in total. The minimum atomic E-state index is -1.34. The van der Waals surface area contributed by atoms with Gasteiger partial charge in [0.2, 0.25) is 0 Å². The predicted octanol–water partition coefficient (Wildman–Crippen LogP) is 2.99. The molecule has 2 aromatic rings. The maximum atomic E-state index is 12.2. The average Bonchev–Trinajstić information content (AvgIpc) is 2.95. The highest BCUT2D eigenvalue weighted by atomic mass is 16.7. The first-order valence-corrected chi connectivity index (χ1v) is 7.24. The summed E-state index contributed by atoms with van der Waals surface area (Å²) >= 11 is 0. The molecular weight excluding hydrogens is 280 g/mol. The third-order valence-electron chi connectivity index (χ3n) is 4.46. The third-order valence-corrected chi connectivity index (χ3v) is 4.46. The van der Waals surface area contributed by atoms with E-state index in [4.69, 9.17) is 9.47 Å². The number of carbonyl (C=O) groups excluding carboxylic acids is 2. The van der Waals surface area contributed by atoms with Gasteiger partial charge in [-0.2, -0.15) is 0 Å². The molecule has 1 saturated heterocycles. The molecule has 1 spiro atoms. The number of fused-ring (bicyclic) bond motifs is 2. The van der Waals surface area contributed by atoms with Gasteiger partial charge in [0.05, 0.1) is 23.0 Å². The van der Waals surface area contributed by atoms with E-state index in [1.165, 1.54) is 0 Å². The van der Waals surface area contributed by atoms with Gasteiger partial charge in [0.15, 0.2) is 0 Å². The Balaban J connectivity index is 1.94. The van der Waals surface area contributed by atoms with Crippen LogP contribution in [0.15, 0.2) is 54.6 Å². The van der Waals surface area contributed by atoms with Crippen molar-refractivity contribution in [2.24, 2.45) is 5.92 Å². The number of carbonyl (C=O) groups is 2. The summed E-state index contributed by atoms with van der Waals surface area (Å²) in [6.45, 7) is 1.81. The van der Waals surface area contributed by atoms with Crippen molar-refractivity contribution < 1.29 is 19.1 Å². The molecule has 0 aromatic heterocycles. The Morgan fingerprint density at radius 2 is 1.59 bits per heavy atom. The minimum absolute atomic E-state index is 0.349. The van der Waals surface area contributed by atoms with E-state index in [1.54, 1.807) is 18.2 Å². The standard InChI is InChI=1S/C18H14O4/c1-11-15(12-7-3-2-4-8-12)18(21-16(11)19)14-10-6-5-9-13(14)17(20)22-18/h2-11,15H,1H3/t11-,15-,18+/m1/s1. The molecule has 22 heavy (non-hydrogen) atoms. The summed E-state index contributed by atoms with van der Waals surface area (Å²) in [6.07, 6.45) is 0. The molecule has 0 aliphatic carbocycles. The second-order valence-corrected chi connectivity index (χ2v) is 5.70. The van der Waals surface area contributed by atoms with Crippen LogP contribution in [0, 0.1) is 5.92 Å². The van der Waals surface area contributed by atoms with Crippen LogP contribution in [0.3, 0.4) is 0 Å². The number of esters is 2. The van der Waals surface area contributed by atoms with Crippen molar-refractivity contribution in [1.29, 1.82) is 0 Å². The number of ether oxygens (including phenoxy) is 2. The van der Waals surface area contributed by atoms with E-state index in [0.29, 0.717) is 11.1 Å². The predicted molar refractivity (Wildman–Crippen MR) is 78.0 cm³/mol. The molecular formula is C18H14O4. The summed E-state index contributed by atoms with van der Waals surface area (Å²) in [4.78, 5) is 24.4. The van der Waals surface area contributed by atoms with Crippen LogP contribution in [0.25, 0.3) is 0 Å². The van der Waals surface area contributed by atoms with Gasteiger partial charge in [0.1, 0.15) is 0 Å². The van der Waals surface area contributed by atoms with Gasteiger partial charge in [0.25, 0.3) is 5.79 Å². The van der Waals surface area contributed by atoms with Crippen LogP contribution in [0.5, 0.6) is 0 Å². The summed E-state index contributed by atoms with van der Waals surface area (Å²) < 4.78 is 11.2. The molecule has 4 heteroatoms. The van der Waals surface area contributed by atoms with E-state index in [1.807, 2.05) is 43.3 Å². The van der Waals surface area contributed by atoms with Crippen molar-refractivity contribution in [2.45, 2.75) is 18.6 Å². The second kappa shape index (κ2) is 4.44. The normalized spacial score (nSPS) is 29.3. The van der Waals surface area contributed by atoms with Gasteiger partial charge in [-0.05, 0) is 11.6 Å². The monoisotopic (exact) mass is 294 g/mol. The van der Waals surface area contributed by atoms with Crippen molar-refractivity contribution in [3.8, 4) is 0 Å². The fraction of sp³-hybridized carbons (Fsp3) is 0.222. The van der Waals surface area contributed by atoms with Crippen LogP contribution in [0.1, 0.15) is 34.3 Å². The first kappa shape index (κ1) is 13.1. The van der Waals surface area contributed by atoms with Crippen molar-refractivity contribution in [2.75, 3.05) is 0 Å². The number of benzene rings is 2. The molecule has 0 N–H and O–H groups in total. The number of rotatable bonds is 1. The zero-order valence-electron chi connectivity index (χ0n) is 12.0. The maximum Gasteiger partial charge on any atom is 0.342 e. The molecule has 0 radical (unpaired) electrons. The lowest BCUT2D eigenvalue weighted by atomic mass is 9.80. The van der Waals surface area contributed by atoms with Crippen LogP contribution in [-0.4, -0.2) is 11.9 Å². The first-order valence-electron chi connectivity index (χ1n) is 7.24. The molecule has 0 amide bonds. The lowest BCUT2D eigenvalue weighted by Crippen LogP contribution is -2.32. The van der Waals surface area contributed by atoms with E-state index in [0.717, 1.165) is 5.56 Å². The second-order valence-electron chi connectivity index (χ2n) is 5.70. The maximum absolute atomic E-state index is 12.2. The molecule has 2 aliphatic heterocycles. The van der Waals surface area contributed by atoms with Crippen molar-refractivity contribution in [1.82, 2.24) is 0 Å². The fourth-order valence-electron chi connectivity index (χ4n) is 3.46. The van der Waals surface area contributed by atoms with Crippen molar-refractivity contribution >= 4 is 11.9 Å². The number of hydrogen-bond donors (Lipinski definition) is 0. The van der Waals surface area contributed by atoms with Gasteiger partial charge in [0, 0.05) is 0 Å². The summed E-state index contributed by atoms with van der Waals surface area (Å²) in [5, 5.41) is 0. The van der Waals surface area contributed by atoms with Crippen LogP contribution in [-0.2, 0) is 20.1 Å². The summed E-state index contributed by atoms with van der Waals surface area (Å²) in [7, 11) is 0. The SMILES string of the molecule is C[C@H]1C(=O)O[C@@]2(OC(=O)c3ccccc32)[C@H]1c1ccccc1. The summed E-state index contributed by atoms with van der Waals surface area (Å²) in [6, 6.07) is 16.7. The molecule has 3 atom stereocenters. The smallest absolute Gasteiger partial charge is 0.342 e. The quantitative estimate of drug-likeness (QED) is 0.759. The molecule has 0 unspecified atom stereocenters. The highest BCUT2D eigenvalue weighted by Crippen LogP contribution is 2.55. The topological polar surface area (TPSA) is 52.6 Å². The van der Waals surface area contributed by atoms with Gasteiger partial charge < -0.3 is 9.47 Å². The largest absolute Gasteiger partial charge is 0.417 e. The van der Waals surface area contributed by atoms with Gasteiger partial charge in [-0.15, -0.1) is 0 Å². The molecule has 2 heterocycles. The Morgan fingerprint density at radius 1 is 0.909 bits per heavy atom. The van der Waals surface area contributed by atoms with Crippen LogP contribution < -0.4 is 0 Å². The van der Waals surface area contributed by atoms with Gasteiger partial charge in [-0.1, -0.05) is 55.5 Å². The fourth-order valence-corrected chi connectivity index (χ4v) is 3.46. The zero-order valence-corrected chi connectivity index (χ0v) is 12.0. The Morgan fingerprint density at radius 3 is 2.36 bits per heavy atom.